The van der Waals surface area contributed by atoms with Crippen LogP contribution in [0.15, 0.2) is 0 Å². The van der Waals surface area contributed by atoms with Crippen LogP contribution in [0.5, 0.6) is 0 Å². The van der Waals surface area contributed by atoms with Crippen molar-refractivity contribution in [1.29, 1.82) is 0 Å². The van der Waals surface area contributed by atoms with Crippen molar-refractivity contribution < 1.29 is 0 Å². The monoisotopic (exact) mass is 285 g/mol. The molecule has 0 aromatic heterocycles. The van der Waals surface area contributed by atoms with E-state index in [1.54, 1.807) is 44.9 Å². The SMILES string of the molecule is CCC1[C@H]2CC[C@@H]3[C@H]4C[C@@H]5[C@H]6CCC[C@]5([C@H](C2)[C@H]13)[C@@H]4NC6. The Balaban J connectivity index is 1.53. The average Bonchev–Trinajstić information content (AvgIpc) is 2.83. The fourth-order valence-corrected chi connectivity index (χ4v) is 9.60. The molecule has 6 fully saturated rings. The Morgan fingerprint density at radius 3 is 2.86 bits per heavy atom. The first-order valence-corrected chi connectivity index (χ1v) is 10.1. The normalized spacial score (nSPS) is 66.4. The van der Waals surface area contributed by atoms with Crippen LogP contribution in [0, 0.1) is 52.8 Å². The second-order valence-electron chi connectivity index (χ2n) is 9.65. The maximum Gasteiger partial charge on any atom is 0.0160 e. The zero-order valence-corrected chi connectivity index (χ0v) is 13.6. The van der Waals surface area contributed by atoms with Crippen LogP contribution in [0.2, 0.25) is 0 Å². The van der Waals surface area contributed by atoms with Crippen LogP contribution in [0.25, 0.3) is 0 Å². The maximum atomic E-state index is 4.13. The molecule has 1 heterocycles. The van der Waals surface area contributed by atoms with Gasteiger partial charge in [0.05, 0.1) is 0 Å². The minimum Gasteiger partial charge on any atom is -0.313 e. The summed E-state index contributed by atoms with van der Waals surface area (Å²) in [5.41, 5.74) is 0.777. The highest BCUT2D eigenvalue weighted by Crippen LogP contribution is 2.75. The molecule has 1 N–H and O–H groups in total. The predicted molar refractivity (Wildman–Crippen MR) is 84.8 cm³/mol. The summed E-state index contributed by atoms with van der Waals surface area (Å²) in [6, 6.07) is 0.944. The van der Waals surface area contributed by atoms with Gasteiger partial charge >= 0.3 is 0 Å². The van der Waals surface area contributed by atoms with Gasteiger partial charge in [-0.1, -0.05) is 19.8 Å². The van der Waals surface area contributed by atoms with E-state index in [9.17, 15) is 0 Å². The van der Waals surface area contributed by atoms with Crippen molar-refractivity contribution in [3.63, 3.8) is 0 Å². The lowest BCUT2D eigenvalue weighted by atomic mass is 9.48. The van der Waals surface area contributed by atoms with Crippen LogP contribution in [-0.2, 0) is 0 Å². The third kappa shape index (κ3) is 1.21. The van der Waals surface area contributed by atoms with Crippen LogP contribution in [0.1, 0.15) is 58.3 Å². The molecule has 1 heteroatoms. The summed E-state index contributed by atoms with van der Waals surface area (Å²) in [4.78, 5) is 0. The molecule has 6 rings (SSSR count). The molecule has 1 unspecified atom stereocenters. The molecule has 0 aromatic rings. The fraction of sp³-hybridized carbons (Fsp3) is 1.00. The number of fused-ring (bicyclic) bond motifs is 2. The largest absolute Gasteiger partial charge is 0.313 e. The third-order valence-electron chi connectivity index (χ3n) is 9.78. The van der Waals surface area contributed by atoms with E-state index in [2.05, 4.69) is 12.2 Å². The lowest BCUT2D eigenvalue weighted by molar-refractivity contribution is -0.0989. The molecule has 7 bridgehead atoms. The van der Waals surface area contributed by atoms with Gasteiger partial charge in [-0.3, -0.25) is 0 Å². The molecule has 10 atom stereocenters. The molecule has 0 aromatic carbocycles. The number of rotatable bonds is 1. The van der Waals surface area contributed by atoms with Crippen LogP contribution in [0.4, 0.5) is 0 Å². The van der Waals surface area contributed by atoms with Crippen LogP contribution < -0.4 is 5.32 Å². The number of hydrogen-bond acceptors (Lipinski definition) is 1. The molecule has 1 aliphatic heterocycles. The average molecular weight is 285 g/mol. The van der Waals surface area contributed by atoms with Crippen molar-refractivity contribution in [2.75, 3.05) is 6.54 Å². The van der Waals surface area contributed by atoms with E-state index in [0.717, 1.165) is 58.8 Å². The van der Waals surface area contributed by atoms with Crippen molar-refractivity contribution in [2.45, 2.75) is 64.3 Å². The predicted octanol–water partition coefficient (Wildman–Crippen LogP) is 4.08. The molecule has 5 aliphatic carbocycles. The zero-order chi connectivity index (χ0) is 13.8. The molecular weight excluding hydrogens is 254 g/mol. The summed E-state index contributed by atoms with van der Waals surface area (Å²) in [5.74, 6) is 8.90. The van der Waals surface area contributed by atoms with Crippen LogP contribution in [0.3, 0.4) is 0 Å². The molecule has 21 heavy (non-hydrogen) atoms. The summed E-state index contributed by atoms with van der Waals surface area (Å²) in [7, 11) is 0. The molecule has 1 saturated heterocycles. The number of hydrogen-bond donors (Lipinski definition) is 1. The molecule has 5 saturated carbocycles. The van der Waals surface area contributed by atoms with E-state index in [0.29, 0.717) is 0 Å². The van der Waals surface area contributed by atoms with Crippen molar-refractivity contribution in [2.24, 2.45) is 52.8 Å². The molecule has 6 aliphatic rings. The summed E-state index contributed by atoms with van der Waals surface area (Å²) >= 11 is 0. The Bertz CT molecular complexity index is 472. The van der Waals surface area contributed by atoms with Gasteiger partial charge in [-0.25, -0.2) is 0 Å². The summed E-state index contributed by atoms with van der Waals surface area (Å²) < 4.78 is 0. The quantitative estimate of drug-likeness (QED) is 0.765. The van der Waals surface area contributed by atoms with E-state index in [1.165, 1.54) is 13.0 Å². The van der Waals surface area contributed by atoms with E-state index in [-0.39, 0.29) is 0 Å². The Labute approximate surface area is 129 Å². The van der Waals surface area contributed by atoms with E-state index in [1.807, 2.05) is 0 Å². The molecule has 1 nitrogen and oxygen atoms in total. The molecule has 1 spiro atoms. The van der Waals surface area contributed by atoms with Gasteiger partial charge in [0.25, 0.3) is 0 Å². The first-order valence-electron chi connectivity index (χ1n) is 10.1. The van der Waals surface area contributed by atoms with Gasteiger partial charge < -0.3 is 5.32 Å². The third-order valence-corrected chi connectivity index (χ3v) is 9.78. The minimum absolute atomic E-state index is 0.777. The molecular formula is C20H31N. The van der Waals surface area contributed by atoms with Gasteiger partial charge in [-0.15, -0.1) is 0 Å². The summed E-state index contributed by atoms with van der Waals surface area (Å²) in [6.07, 6.45) is 12.6. The van der Waals surface area contributed by atoms with Gasteiger partial charge in [0.2, 0.25) is 0 Å². The summed E-state index contributed by atoms with van der Waals surface area (Å²) in [5, 5.41) is 4.13. The van der Waals surface area contributed by atoms with Gasteiger partial charge in [0, 0.05) is 6.04 Å². The lowest BCUT2D eigenvalue weighted by Gasteiger charge is -2.61. The Kier molecular flexibility index (Phi) is 2.29. The first-order chi connectivity index (χ1) is 10.3. The fourth-order valence-electron chi connectivity index (χ4n) is 9.60. The minimum atomic E-state index is 0.777. The van der Waals surface area contributed by atoms with Gasteiger partial charge in [0.1, 0.15) is 0 Å². The topological polar surface area (TPSA) is 12.0 Å². The van der Waals surface area contributed by atoms with Gasteiger partial charge in [-0.2, -0.15) is 0 Å². The van der Waals surface area contributed by atoms with E-state index in [4.69, 9.17) is 0 Å². The Morgan fingerprint density at radius 1 is 1.00 bits per heavy atom. The zero-order valence-electron chi connectivity index (χ0n) is 13.6. The lowest BCUT2D eigenvalue weighted by Crippen LogP contribution is -2.64. The second kappa shape index (κ2) is 3.89. The first kappa shape index (κ1) is 12.4. The van der Waals surface area contributed by atoms with E-state index < -0.39 is 0 Å². The van der Waals surface area contributed by atoms with Crippen molar-refractivity contribution in [3.05, 3.63) is 0 Å². The van der Waals surface area contributed by atoms with Crippen LogP contribution in [-0.4, -0.2) is 12.6 Å². The van der Waals surface area contributed by atoms with Crippen molar-refractivity contribution >= 4 is 0 Å². The van der Waals surface area contributed by atoms with Gasteiger partial charge in [-0.05, 0) is 97.8 Å². The highest BCUT2D eigenvalue weighted by Gasteiger charge is 2.72. The summed E-state index contributed by atoms with van der Waals surface area (Å²) in [6.45, 7) is 3.87. The standard InChI is InChI=1S/C20H31N/c1-2-13-11-5-6-14-15-9-16-12-4-3-7-20(16,19(15)21-10-12)17(8-11)18(13)14/h11-19,21H,2-10H2,1H3/t11-,12-,13?,14+,15+,16+,17+,18+,19+,20-/m0/s1. The van der Waals surface area contributed by atoms with Gasteiger partial charge in [0.15, 0.2) is 0 Å². The second-order valence-corrected chi connectivity index (χ2v) is 9.65. The van der Waals surface area contributed by atoms with E-state index >= 15 is 0 Å². The van der Waals surface area contributed by atoms with Crippen molar-refractivity contribution in [1.82, 2.24) is 5.32 Å². The molecule has 0 radical (unpaired) electrons. The Hall–Kier alpha value is -0.0400. The van der Waals surface area contributed by atoms with Crippen LogP contribution >= 0.6 is 0 Å². The molecule has 116 valence electrons. The Morgan fingerprint density at radius 2 is 1.95 bits per heavy atom. The number of piperidine rings is 1. The maximum absolute atomic E-state index is 4.13. The number of nitrogens with one attached hydrogen (secondary N) is 1. The van der Waals surface area contributed by atoms with Crippen molar-refractivity contribution in [3.8, 4) is 0 Å². The highest BCUT2D eigenvalue weighted by molar-refractivity contribution is 5.23. The highest BCUT2D eigenvalue weighted by atomic mass is 15.0. The molecule has 0 amide bonds. The smallest absolute Gasteiger partial charge is 0.0160 e.